The highest BCUT2D eigenvalue weighted by molar-refractivity contribution is 7.66. The average Bonchev–Trinajstić information content (AvgIpc) is 2.92. The van der Waals surface area contributed by atoms with Crippen LogP contribution < -0.4 is 11.2 Å². The molecule has 0 bridgehead atoms. The van der Waals surface area contributed by atoms with Crippen molar-refractivity contribution >= 4 is 23.5 Å². The number of phosphoric acid groups is 3. The number of rotatable bonds is 7. The van der Waals surface area contributed by atoms with E-state index in [4.69, 9.17) is 19.4 Å². The third-order valence-electron chi connectivity index (χ3n) is 4.37. The van der Waals surface area contributed by atoms with E-state index < -0.39 is 64.7 Å². The second-order valence-corrected chi connectivity index (χ2v) is 10.8. The van der Waals surface area contributed by atoms with Gasteiger partial charge in [-0.1, -0.05) is 6.92 Å². The summed E-state index contributed by atoms with van der Waals surface area (Å²) < 4.78 is 52.0. The molecule has 2 aliphatic rings. The third kappa shape index (κ3) is 4.54. The van der Waals surface area contributed by atoms with Gasteiger partial charge in [0.05, 0.1) is 11.5 Å². The summed E-state index contributed by atoms with van der Waals surface area (Å²) in [5.74, 6) is 0. The van der Waals surface area contributed by atoms with Crippen LogP contribution >= 0.6 is 23.5 Å². The predicted octanol–water partition coefficient (Wildman–Crippen LogP) is -1.47. The Kier molecular flexibility index (Phi) is 5.49. The Labute approximate surface area is 160 Å². The fraction of sp³-hybridized carbons (Fsp3) is 0.600. The van der Waals surface area contributed by atoms with Crippen LogP contribution in [0.2, 0.25) is 0 Å². The molecule has 0 aromatic carbocycles. The van der Waals surface area contributed by atoms with Crippen LogP contribution in [0.1, 0.15) is 13.2 Å². The first-order valence-electron chi connectivity index (χ1n) is 7.53. The zero-order valence-electron chi connectivity index (χ0n) is 14.2. The van der Waals surface area contributed by atoms with Crippen LogP contribution in [-0.2, 0) is 31.6 Å². The second kappa shape index (κ2) is 7.02. The van der Waals surface area contributed by atoms with Crippen molar-refractivity contribution in [2.75, 3.05) is 0 Å². The molecule has 3 rings (SSSR count). The first-order valence-corrected chi connectivity index (χ1v) is 12.1. The van der Waals surface area contributed by atoms with Crippen molar-refractivity contribution < 1.29 is 56.3 Å². The van der Waals surface area contributed by atoms with Gasteiger partial charge in [-0.15, -0.1) is 0 Å². The van der Waals surface area contributed by atoms with Crippen molar-refractivity contribution in [1.82, 2.24) is 9.55 Å². The first-order chi connectivity index (χ1) is 13.1. The number of H-pyrrole nitrogens is 1. The lowest BCUT2D eigenvalue weighted by atomic mass is 10.0. The van der Waals surface area contributed by atoms with E-state index in [1.807, 2.05) is 4.98 Å². The fourth-order valence-electron chi connectivity index (χ4n) is 3.00. The molecule has 2 heterocycles. The Hall–Kier alpha value is -0.990. The zero-order chi connectivity index (χ0) is 22.0. The molecule has 1 aromatic heterocycles. The molecule has 2 fully saturated rings. The molecule has 16 nitrogen and oxygen atoms in total. The number of aromatic amines is 1. The minimum Gasteiger partial charge on any atom is -0.388 e. The molecule has 1 saturated heterocycles. The van der Waals surface area contributed by atoms with Crippen LogP contribution in [0.5, 0.6) is 0 Å². The standard InChI is InChI=1S/C10H15N2O14P3/c1-10-5(14)8(12-3-2-4(13)11-9(12)15)23-6(10)7(10)24-28(19,20)26-29(21,22)25-27(16,17)18/h2-3,5-8,14H,1H3,(H,19,20)(H,21,22)(H,11,13,15)(H2,16,17,18)/t5-,6+,7?,8+,10+/m0/s1. The molecule has 6 N–H and O–H groups in total. The summed E-state index contributed by atoms with van der Waals surface area (Å²) in [5, 5.41) is 10.5. The van der Waals surface area contributed by atoms with Gasteiger partial charge >= 0.3 is 29.2 Å². The number of aliphatic hydroxyl groups excluding tert-OH is 1. The van der Waals surface area contributed by atoms with Gasteiger partial charge in [-0.05, 0) is 0 Å². The smallest absolute Gasteiger partial charge is 0.388 e. The molecule has 1 aliphatic carbocycles. The summed E-state index contributed by atoms with van der Waals surface area (Å²) in [5.41, 5.74) is -2.91. The minimum absolute atomic E-state index is 0.680. The molecule has 1 aliphatic heterocycles. The van der Waals surface area contributed by atoms with E-state index >= 15 is 0 Å². The van der Waals surface area contributed by atoms with E-state index in [1.54, 1.807) is 0 Å². The number of fused-ring (bicyclic) bond motifs is 1. The van der Waals surface area contributed by atoms with Crippen molar-refractivity contribution in [3.8, 4) is 0 Å². The van der Waals surface area contributed by atoms with E-state index in [0.29, 0.717) is 0 Å². The van der Waals surface area contributed by atoms with Crippen LogP contribution in [0.4, 0.5) is 0 Å². The van der Waals surface area contributed by atoms with Crippen LogP contribution in [-0.4, -0.2) is 52.5 Å². The van der Waals surface area contributed by atoms with E-state index in [2.05, 4.69) is 13.1 Å². The van der Waals surface area contributed by atoms with Crippen LogP contribution in [0.25, 0.3) is 0 Å². The van der Waals surface area contributed by atoms with Gasteiger partial charge < -0.3 is 29.4 Å². The maximum absolute atomic E-state index is 11.9. The van der Waals surface area contributed by atoms with Crippen molar-refractivity contribution in [1.29, 1.82) is 0 Å². The number of aromatic nitrogens is 2. The summed E-state index contributed by atoms with van der Waals surface area (Å²) in [4.78, 5) is 60.6. The van der Waals surface area contributed by atoms with Gasteiger partial charge in [0.2, 0.25) is 0 Å². The maximum Gasteiger partial charge on any atom is 0.490 e. The monoisotopic (exact) mass is 480 g/mol. The molecule has 0 spiro atoms. The van der Waals surface area contributed by atoms with Gasteiger partial charge in [0.15, 0.2) is 6.23 Å². The molecule has 1 aromatic rings. The summed E-state index contributed by atoms with van der Waals surface area (Å²) in [6, 6.07) is 1.01. The molecule has 0 radical (unpaired) electrons. The number of hydrogen-bond acceptors (Lipinski definition) is 10. The van der Waals surface area contributed by atoms with Gasteiger partial charge in [0.1, 0.15) is 12.2 Å². The van der Waals surface area contributed by atoms with E-state index in [0.717, 1.165) is 16.8 Å². The van der Waals surface area contributed by atoms with Gasteiger partial charge in [0, 0.05) is 12.3 Å². The first kappa shape index (κ1) is 22.7. The second-order valence-electron chi connectivity index (χ2n) is 6.39. The Morgan fingerprint density at radius 3 is 2.24 bits per heavy atom. The summed E-state index contributed by atoms with van der Waals surface area (Å²) in [6.45, 7) is 1.36. The minimum atomic E-state index is -5.69. The maximum atomic E-state index is 11.9. The van der Waals surface area contributed by atoms with E-state index in [1.165, 1.54) is 6.92 Å². The summed E-state index contributed by atoms with van der Waals surface area (Å²) in [6.07, 6.45) is -4.09. The Morgan fingerprint density at radius 2 is 1.76 bits per heavy atom. The topological polar surface area (TPSA) is 244 Å². The molecule has 0 amide bonds. The Morgan fingerprint density at radius 1 is 1.14 bits per heavy atom. The number of ether oxygens (including phenoxy) is 1. The van der Waals surface area contributed by atoms with Gasteiger partial charge in [-0.25, -0.2) is 18.5 Å². The molecular weight excluding hydrogens is 465 g/mol. The normalized spacial score (nSPS) is 35.5. The number of nitrogens with zero attached hydrogens (tertiary/aromatic N) is 1. The molecule has 164 valence electrons. The van der Waals surface area contributed by atoms with Crippen LogP contribution in [0.15, 0.2) is 21.9 Å². The fourth-order valence-corrected chi connectivity index (χ4v) is 6.28. The number of hydrogen-bond donors (Lipinski definition) is 6. The molecule has 3 unspecified atom stereocenters. The van der Waals surface area contributed by atoms with E-state index in [9.17, 15) is 33.3 Å². The third-order valence-corrected chi connectivity index (χ3v) is 8.19. The molecular formula is C10H15N2O14P3. The highest BCUT2D eigenvalue weighted by Gasteiger charge is 2.76. The van der Waals surface area contributed by atoms with Crippen molar-refractivity contribution in [3.05, 3.63) is 33.1 Å². The van der Waals surface area contributed by atoms with Crippen LogP contribution in [0, 0.1) is 5.41 Å². The average molecular weight is 480 g/mol. The lowest BCUT2D eigenvalue weighted by Crippen LogP contribution is -2.39. The highest BCUT2D eigenvalue weighted by Crippen LogP contribution is 2.71. The Balaban J connectivity index is 1.71. The van der Waals surface area contributed by atoms with Gasteiger partial charge in [0.25, 0.3) is 5.56 Å². The Bertz CT molecular complexity index is 1080. The number of nitrogens with one attached hydrogen (secondary N) is 1. The zero-order valence-corrected chi connectivity index (χ0v) is 16.8. The van der Waals surface area contributed by atoms with Crippen molar-refractivity contribution in [3.63, 3.8) is 0 Å². The molecule has 7 atom stereocenters. The SMILES string of the molecule is C[C@]12C(OP(=O)(O)OP(=O)(O)OP(=O)(O)O)[C@H]1O[C@@H](n1ccc(=O)[nH]c1=O)[C@@H]2O. The van der Waals surface area contributed by atoms with Gasteiger partial charge in [-0.3, -0.25) is 18.9 Å². The number of phosphoric ester groups is 1. The van der Waals surface area contributed by atoms with Crippen LogP contribution in [0.3, 0.4) is 0 Å². The molecule has 19 heteroatoms. The molecule has 1 saturated carbocycles. The predicted molar refractivity (Wildman–Crippen MR) is 88.1 cm³/mol. The van der Waals surface area contributed by atoms with Gasteiger partial charge in [-0.2, -0.15) is 8.62 Å². The van der Waals surface area contributed by atoms with Crippen molar-refractivity contribution in [2.24, 2.45) is 5.41 Å². The lowest BCUT2D eigenvalue weighted by molar-refractivity contribution is -0.0776. The quantitative estimate of drug-likeness (QED) is 0.244. The number of aliphatic hydroxyl groups is 1. The molecule has 29 heavy (non-hydrogen) atoms. The highest BCUT2D eigenvalue weighted by atomic mass is 31.3. The summed E-state index contributed by atoms with van der Waals surface area (Å²) in [7, 11) is -16.6. The lowest BCUT2D eigenvalue weighted by Gasteiger charge is -2.25. The van der Waals surface area contributed by atoms with Crippen molar-refractivity contribution in [2.45, 2.75) is 31.5 Å². The van der Waals surface area contributed by atoms with E-state index in [-0.39, 0.29) is 0 Å². The largest absolute Gasteiger partial charge is 0.490 e. The summed E-state index contributed by atoms with van der Waals surface area (Å²) >= 11 is 0.